The molecular weight excluding hydrogens is 182 g/mol. The van der Waals surface area contributed by atoms with Crippen LogP contribution in [0.25, 0.3) is 0 Å². The zero-order valence-corrected chi connectivity index (χ0v) is 7.65. The minimum atomic E-state index is -0.449. The lowest BCUT2D eigenvalue weighted by Gasteiger charge is -2.02. The van der Waals surface area contributed by atoms with Crippen LogP contribution in [0, 0.1) is 11.3 Å². The van der Waals surface area contributed by atoms with E-state index < -0.39 is 5.97 Å². The number of aromatic hydroxyl groups is 1. The first-order valence-electron chi connectivity index (χ1n) is 3.96. The first kappa shape index (κ1) is 10.1. The van der Waals surface area contributed by atoms with Crippen LogP contribution in [0.5, 0.6) is 5.75 Å². The molecule has 0 aliphatic heterocycles. The number of carbonyl (C=O) groups excluding carboxylic acids is 1. The highest BCUT2D eigenvalue weighted by Crippen LogP contribution is 2.18. The summed E-state index contributed by atoms with van der Waals surface area (Å²) in [5, 5.41) is 18.0. The second-order valence-corrected chi connectivity index (χ2v) is 2.71. The van der Waals surface area contributed by atoms with Crippen molar-refractivity contribution in [3.05, 3.63) is 29.3 Å². The smallest absolute Gasteiger partial charge is 0.310 e. The van der Waals surface area contributed by atoms with Gasteiger partial charge in [-0.15, -0.1) is 0 Å². The van der Waals surface area contributed by atoms with Crippen molar-refractivity contribution in [2.45, 2.75) is 6.42 Å². The van der Waals surface area contributed by atoms with E-state index in [1.807, 2.05) is 6.07 Å². The monoisotopic (exact) mass is 191 g/mol. The van der Waals surface area contributed by atoms with Crippen molar-refractivity contribution in [3.63, 3.8) is 0 Å². The Morgan fingerprint density at radius 1 is 1.64 bits per heavy atom. The number of phenols is 1. The highest BCUT2D eigenvalue weighted by Gasteiger charge is 2.08. The Morgan fingerprint density at radius 2 is 2.36 bits per heavy atom. The van der Waals surface area contributed by atoms with Crippen molar-refractivity contribution in [1.29, 1.82) is 5.26 Å². The molecule has 0 amide bonds. The fourth-order valence-corrected chi connectivity index (χ4v) is 1.02. The van der Waals surface area contributed by atoms with E-state index in [-0.39, 0.29) is 12.2 Å². The summed E-state index contributed by atoms with van der Waals surface area (Å²) >= 11 is 0. The summed E-state index contributed by atoms with van der Waals surface area (Å²) in [6.07, 6.45) is -0.0299. The Morgan fingerprint density at radius 3 is 2.93 bits per heavy atom. The summed E-state index contributed by atoms with van der Waals surface area (Å²) in [4.78, 5) is 10.9. The minimum absolute atomic E-state index is 0.00519. The van der Waals surface area contributed by atoms with Crippen LogP contribution >= 0.6 is 0 Å². The maximum Gasteiger partial charge on any atom is 0.310 e. The highest BCUT2D eigenvalue weighted by atomic mass is 16.5. The van der Waals surface area contributed by atoms with Gasteiger partial charge in [0.15, 0.2) is 0 Å². The van der Waals surface area contributed by atoms with Crippen LogP contribution in [0.15, 0.2) is 18.2 Å². The van der Waals surface area contributed by atoms with Crippen LogP contribution in [-0.4, -0.2) is 18.2 Å². The number of nitriles is 1. The van der Waals surface area contributed by atoms with Gasteiger partial charge in [-0.25, -0.2) is 0 Å². The lowest BCUT2D eigenvalue weighted by molar-refractivity contribution is -0.139. The SMILES string of the molecule is COC(=O)Cc1cc(C#N)ccc1O. The first-order chi connectivity index (χ1) is 6.67. The molecule has 4 heteroatoms. The predicted molar refractivity (Wildman–Crippen MR) is 48.5 cm³/mol. The molecule has 0 aliphatic carbocycles. The summed E-state index contributed by atoms with van der Waals surface area (Å²) in [5.41, 5.74) is 0.803. The van der Waals surface area contributed by atoms with E-state index in [0.29, 0.717) is 11.1 Å². The molecule has 0 saturated carbocycles. The lowest BCUT2D eigenvalue weighted by atomic mass is 10.1. The van der Waals surface area contributed by atoms with E-state index in [2.05, 4.69) is 4.74 Å². The lowest BCUT2D eigenvalue weighted by Crippen LogP contribution is -2.04. The summed E-state index contributed by atoms with van der Waals surface area (Å²) in [5.74, 6) is -0.454. The molecule has 1 aromatic rings. The molecule has 1 aromatic carbocycles. The second kappa shape index (κ2) is 4.28. The summed E-state index contributed by atoms with van der Waals surface area (Å²) < 4.78 is 4.45. The maximum atomic E-state index is 10.9. The van der Waals surface area contributed by atoms with Crippen LogP contribution in [0.3, 0.4) is 0 Å². The molecule has 1 N–H and O–H groups in total. The van der Waals surface area contributed by atoms with Crippen LogP contribution in [0.2, 0.25) is 0 Å². The highest BCUT2D eigenvalue weighted by molar-refractivity contribution is 5.73. The Kier molecular flexibility index (Phi) is 3.08. The molecule has 0 spiro atoms. The predicted octanol–water partition coefficient (Wildman–Crippen LogP) is 0.979. The molecule has 0 heterocycles. The van der Waals surface area contributed by atoms with Gasteiger partial charge < -0.3 is 9.84 Å². The molecule has 72 valence electrons. The molecule has 0 aliphatic rings. The summed E-state index contributed by atoms with van der Waals surface area (Å²) in [6, 6.07) is 6.26. The number of nitrogens with zero attached hydrogens (tertiary/aromatic N) is 1. The van der Waals surface area contributed by atoms with E-state index in [0.717, 1.165) is 0 Å². The normalized spacial score (nSPS) is 9.14. The number of phenolic OH excluding ortho intramolecular Hbond substituents is 1. The molecule has 0 atom stereocenters. The Hall–Kier alpha value is -2.02. The number of benzene rings is 1. The van der Waals surface area contributed by atoms with E-state index in [1.54, 1.807) is 0 Å². The van der Waals surface area contributed by atoms with E-state index in [1.165, 1.54) is 25.3 Å². The number of hydrogen-bond donors (Lipinski definition) is 1. The van der Waals surface area contributed by atoms with Gasteiger partial charge in [-0.1, -0.05) is 0 Å². The van der Waals surface area contributed by atoms with Gasteiger partial charge in [0.2, 0.25) is 0 Å². The van der Waals surface area contributed by atoms with Gasteiger partial charge in [0.1, 0.15) is 5.75 Å². The molecule has 0 radical (unpaired) electrons. The molecule has 4 nitrogen and oxygen atoms in total. The molecular formula is C10H9NO3. The number of esters is 1. The van der Waals surface area contributed by atoms with Crippen molar-refractivity contribution in [1.82, 2.24) is 0 Å². The van der Waals surface area contributed by atoms with Crippen LogP contribution < -0.4 is 0 Å². The molecule has 0 unspecified atom stereocenters. The minimum Gasteiger partial charge on any atom is -0.508 e. The van der Waals surface area contributed by atoms with Gasteiger partial charge >= 0.3 is 5.97 Å². The Balaban J connectivity index is 2.96. The van der Waals surface area contributed by atoms with Crippen LogP contribution in [0.1, 0.15) is 11.1 Å². The number of hydrogen-bond acceptors (Lipinski definition) is 4. The van der Waals surface area contributed by atoms with Gasteiger partial charge in [-0.2, -0.15) is 5.26 Å². The first-order valence-corrected chi connectivity index (χ1v) is 3.96. The molecule has 1 rings (SSSR count). The number of rotatable bonds is 2. The van der Waals surface area contributed by atoms with Gasteiger partial charge in [0.05, 0.1) is 25.2 Å². The Labute approximate surface area is 81.4 Å². The van der Waals surface area contributed by atoms with Crippen molar-refractivity contribution >= 4 is 5.97 Å². The average molecular weight is 191 g/mol. The molecule has 0 bridgehead atoms. The van der Waals surface area contributed by atoms with E-state index in [4.69, 9.17) is 5.26 Å². The quantitative estimate of drug-likeness (QED) is 0.707. The van der Waals surface area contributed by atoms with Crippen LogP contribution in [-0.2, 0) is 16.0 Å². The summed E-state index contributed by atoms with van der Waals surface area (Å²) in [6.45, 7) is 0. The van der Waals surface area contributed by atoms with Gasteiger partial charge in [0.25, 0.3) is 0 Å². The maximum absolute atomic E-state index is 10.9. The van der Waals surface area contributed by atoms with E-state index >= 15 is 0 Å². The van der Waals surface area contributed by atoms with E-state index in [9.17, 15) is 9.90 Å². The van der Waals surface area contributed by atoms with Crippen molar-refractivity contribution < 1.29 is 14.6 Å². The van der Waals surface area contributed by atoms with Crippen molar-refractivity contribution in [2.75, 3.05) is 7.11 Å². The standard InChI is InChI=1S/C10H9NO3/c1-14-10(13)5-8-4-7(6-11)2-3-9(8)12/h2-4,12H,5H2,1H3. The zero-order valence-electron chi connectivity index (χ0n) is 7.65. The zero-order chi connectivity index (χ0) is 10.6. The molecule has 0 saturated heterocycles. The number of carbonyl (C=O) groups is 1. The molecule has 14 heavy (non-hydrogen) atoms. The summed E-state index contributed by atoms with van der Waals surface area (Å²) in [7, 11) is 1.27. The largest absolute Gasteiger partial charge is 0.508 e. The third-order valence-corrected chi connectivity index (χ3v) is 1.77. The van der Waals surface area contributed by atoms with Gasteiger partial charge in [0, 0.05) is 5.56 Å². The number of ether oxygens (including phenoxy) is 1. The molecule has 0 fully saturated rings. The topological polar surface area (TPSA) is 70.3 Å². The fraction of sp³-hybridized carbons (Fsp3) is 0.200. The van der Waals surface area contributed by atoms with Crippen molar-refractivity contribution in [2.24, 2.45) is 0 Å². The van der Waals surface area contributed by atoms with Gasteiger partial charge in [-0.3, -0.25) is 4.79 Å². The number of methoxy groups -OCH3 is 1. The van der Waals surface area contributed by atoms with Gasteiger partial charge in [-0.05, 0) is 18.2 Å². The average Bonchev–Trinajstić information content (AvgIpc) is 2.21. The van der Waals surface area contributed by atoms with Crippen LogP contribution in [0.4, 0.5) is 0 Å². The molecule has 0 aromatic heterocycles. The Bertz CT molecular complexity index is 393. The fourth-order valence-electron chi connectivity index (χ4n) is 1.02. The second-order valence-electron chi connectivity index (χ2n) is 2.71. The third-order valence-electron chi connectivity index (χ3n) is 1.77. The third kappa shape index (κ3) is 2.23. The van der Waals surface area contributed by atoms with Crippen molar-refractivity contribution in [3.8, 4) is 11.8 Å².